The van der Waals surface area contributed by atoms with Crippen LogP contribution in [0.4, 0.5) is 14.5 Å². The van der Waals surface area contributed by atoms with Gasteiger partial charge in [0, 0.05) is 38.6 Å². The van der Waals surface area contributed by atoms with E-state index in [1.807, 2.05) is 0 Å². The van der Waals surface area contributed by atoms with Crippen LogP contribution in [0.5, 0.6) is 23.1 Å². The zero-order valence-electron chi connectivity index (χ0n) is 27.3. The van der Waals surface area contributed by atoms with Crippen molar-refractivity contribution < 1.29 is 37.3 Å². The molecule has 0 saturated heterocycles. The Morgan fingerprint density at radius 1 is 0.898 bits per heavy atom. The van der Waals surface area contributed by atoms with Crippen molar-refractivity contribution in [1.82, 2.24) is 19.3 Å². The van der Waals surface area contributed by atoms with Gasteiger partial charge in [-0.1, -0.05) is 0 Å². The number of ether oxygens (including phenoxy) is 5. The third kappa shape index (κ3) is 7.10. The Morgan fingerprint density at radius 2 is 1.65 bits per heavy atom. The van der Waals surface area contributed by atoms with Crippen molar-refractivity contribution in [1.29, 1.82) is 0 Å². The van der Waals surface area contributed by atoms with Crippen molar-refractivity contribution in [2.75, 3.05) is 46.0 Å². The van der Waals surface area contributed by atoms with Gasteiger partial charge in [-0.05, 0) is 68.1 Å². The largest absolute Gasteiger partial charge is 0.487 e. The first-order valence-electron chi connectivity index (χ1n) is 15.7. The number of methoxy groups -OCH3 is 2. The highest BCUT2D eigenvalue weighted by Gasteiger charge is 2.29. The van der Waals surface area contributed by atoms with E-state index in [-0.39, 0.29) is 17.1 Å². The molecule has 256 valence electrons. The molecule has 1 aliphatic heterocycles. The lowest BCUT2D eigenvalue weighted by Crippen LogP contribution is -2.26. The number of aromatic nitrogens is 4. The minimum Gasteiger partial charge on any atom is -0.487 e. The minimum atomic E-state index is -0.769. The molecule has 0 atom stereocenters. The highest BCUT2D eigenvalue weighted by Crippen LogP contribution is 2.37. The van der Waals surface area contributed by atoms with Crippen molar-refractivity contribution in [2.24, 2.45) is 0 Å². The van der Waals surface area contributed by atoms with Crippen molar-refractivity contribution in [2.45, 2.75) is 32.7 Å². The zero-order chi connectivity index (χ0) is 34.5. The van der Waals surface area contributed by atoms with Crippen LogP contribution < -0.4 is 25.1 Å². The van der Waals surface area contributed by atoms with E-state index in [1.54, 1.807) is 56.2 Å². The highest BCUT2D eigenvalue weighted by molar-refractivity contribution is 6.05. The second-order valence-corrected chi connectivity index (χ2v) is 11.3. The summed E-state index contributed by atoms with van der Waals surface area (Å²) in [6, 6.07) is 11.4. The van der Waals surface area contributed by atoms with Crippen molar-refractivity contribution >= 4 is 22.5 Å². The molecule has 2 aromatic heterocycles. The quantitative estimate of drug-likeness (QED) is 0.159. The third-order valence-corrected chi connectivity index (χ3v) is 8.04. The summed E-state index contributed by atoms with van der Waals surface area (Å²) in [5.41, 5.74) is 1.05. The first-order valence-corrected chi connectivity index (χ1v) is 15.7. The van der Waals surface area contributed by atoms with Gasteiger partial charge in [0.15, 0.2) is 11.5 Å². The molecule has 6 rings (SSSR count). The SMILES string of the molecule is COCCOc1cc2ncnc(Oc3ccc(NC(=O)c4c5n(n(-c6cc(F)ccc6F)c4=O)CCCC5)cc3C)c2cc1OCCOC. The molecule has 3 aromatic carbocycles. The summed E-state index contributed by atoms with van der Waals surface area (Å²) >= 11 is 0. The number of nitrogens with one attached hydrogen (secondary N) is 1. The van der Waals surface area contributed by atoms with Crippen LogP contribution in [-0.2, 0) is 22.4 Å². The van der Waals surface area contributed by atoms with Crippen LogP contribution in [0.15, 0.2) is 59.7 Å². The number of rotatable bonds is 13. The molecule has 0 spiro atoms. The molecule has 0 radical (unpaired) electrons. The fourth-order valence-corrected chi connectivity index (χ4v) is 5.70. The van der Waals surface area contributed by atoms with E-state index in [0.717, 1.165) is 35.7 Å². The molecule has 0 fully saturated rings. The highest BCUT2D eigenvalue weighted by atomic mass is 19.1. The second-order valence-electron chi connectivity index (χ2n) is 11.3. The van der Waals surface area contributed by atoms with Gasteiger partial charge in [0.25, 0.3) is 11.5 Å². The Labute approximate surface area is 280 Å². The average molecular weight is 676 g/mol. The summed E-state index contributed by atoms with van der Waals surface area (Å²) in [4.78, 5) is 35.9. The van der Waals surface area contributed by atoms with Crippen molar-refractivity contribution in [3.8, 4) is 28.8 Å². The van der Waals surface area contributed by atoms with E-state index < -0.39 is 23.1 Å². The molecule has 3 heterocycles. The molecule has 49 heavy (non-hydrogen) atoms. The fraction of sp³-hybridized carbons (Fsp3) is 0.314. The molecule has 1 aliphatic rings. The topological polar surface area (TPSA) is 128 Å². The van der Waals surface area contributed by atoms with Crippen LogP contribution in [0, 0.1) is 18.6 Å². The first kappa shape index (κ1) is 33.6. The summed E-state index contributed by atoms with van der Waals surface area (Å²) in [5, 5.41) is 3.38. The van der Waals surface area contributed by atoms with Crippen LogP contribution in [0.1, 0.15) is 34.5 Å². The van der Waals surface area contributed by atoms with Crippen molar-refractivity contribution in [3.63, 3.8) is 0 Å². The molecule has 14 heteroatoms. The van der Waals surface area contributed by atoms with Crippen LogP contribution in [0.25, 0.3) is 16.6 Å². The normalized spacial score (nSPS) is 12.5. The number of anilines is 1. The number of nitrogens with zero attached hydrogens (tertiary/aromatic N) is 4. The van der Waals surface area contributed by atoms with Gasteiger partial charge < -0.3 is 29.0 Å². The number of hydrogen-bond acceptors (Lipinski definition) is 9. The van der Waals surface area contributed by atoms with E-state index in [0.29, 0.717) is 84.5 Å². The number of hydrogen-bond donors (Lipinski definition) is 1. The number of amides is 1. The van der Waals surface area contributed by atoms with Gasteiger partial charge in [0.2, 0.25) is 5.88 Å². The Kier molecular flexibility index (Phi) is 10.2. The number of benzene rings is 3. The standard InChI is InChI=1S/C35H35F2N5O7/c1-21-16-23(40-33(43)32-27-6-4-5-11-41(27)42(35(32)44)28-17-22(36)7-9-25(28)37)8-10-29(21)49-34-24-18-30(47-14-12-45-2)31(48-15-13-46-3)19-26(24)38-20-39-34/h7-10,16-20H,4-6,11-15H2,1-3H3,(H,40,43). The molecule has 12 nitrogen and oxygen atoms in total. The average Bonchev–Trinajstić information content (AvgIpc) is 3.39. The van der Waals surface area contributed by atoms with Crippen LogP contribution in [-0.4, -0.2) is 65.9 Å². The molecular formula is C35H35F2N5O7. The lowest BCUT2D eigenvalue weighted by Gasteiger charge is -2.19. The van der Waals surface area contributed by atoms with E-state index in [9.17, 15) is 18.4 Å². The molecule has 0 unspecified atom stereocenters. The van der Waals surface area contributed by atoms with Gasteiger partial charge in [-0.2, -0.15) is 0 Å². The third-order valence-electron chi connectivity index (χ3n) is 8.04. The smallest absolute Gasteiger partial charge is 0.284 e. The first-order chi connectivity index (χ1) is 23.8. The second kappa shape index (κ2) is 14.8. The number of carbonyl (C=O) groups is 1. The Bertz CT molecular complexity index is 2060. The number of fused-ring (bicyclic) bond motifs is 2. The lowest BCUT2D eigenvalue weighted by atomic mass is 10.1. The monoisotopic (exact) mass is 675 g/mol. The number of carbonyl (C=O) groups excluding carboxylic acids is 1. The predicted molar refractivity (Wildman–Crippen MR) is 176 cm³/mol. The molecular weight excluding hydrogens is 640 g/mol. The predicted octanol–water partition coefficient (Wildman–Crippen LogP) is 5.60. The molecule has 0 bridgehead atoms. The van der Waals surface area contributed by atoms with E-state index in [1.165, 1.54) is 6.33 Å². The van der Waals surface area contributed by atoms with Crippen molar-refractivity contribution in [3.05, 3.63) is 93.7 Å². The van der Waals surface area contributed by atoms with Crippen LogP contribution >= 0.6 is 0 Å². The van der Waals surface area contributed by atoms with Gasteiger partial charge in [-0.15, -0.1) is 0 Å². The summed E-state index contributed by atoms with van der Waals surface area (Å²) in [7, 11) is 3.17. The summed E-state index contributed by atoms with van der Waals surface area (Å²) in [6.45, 7) is 3.56. The van der Waals surface area contributed by atoms with Gasteiger partial charge in [0.1, 0.15) is 48.2 Å². The van der Waals surface area contributed by atoms with E-state index >= 15 is 0 Å². The van der Waals surface area contributed by atoms with E-state index in [4.69, 9.17) is 23.7 Å². The minimum absolute atomic E-state index is 0.108. The molecule has 1 N–H and O–H groups in total. The summed E-state index contributed by atoms with van der Waals surface area (Å²) < 4.78 is 59.7. The lowest BCUT2D eigenvalue weighted by molar-refractivity contribution is 0.102. The molecule has 5 aromatic rings. The summed E-state index contributed by atoms with van der Waals surface area (Å²) in [6.07, 6.45) is 3.31. The maximum atomic E-state index is 14.8. The van der Waals surface area contributed by atoms with Gasteiger partial charge >= 0.3 is 0 Å². The Morgan fingerprint density at radius 3 is 2.39 bits per heavy atom. The molecule has 0 saturated carbocycles. The zero-order valence-corrected chi connectivity index (χ0v) is 27.3. The van der Waals surface area contributed by atoms with Gasteiger partial charge in [0.05, 0.1) is 29.8 Å². The Hall–Kier alpha value is -5.34. The fourth-order valence-electron chi connectivity index (χ4n) is 5.70. The maximum absolute atomic E-state index is 14.8. The number of halogens is 2. The Balaban J connectivity index is 1.26. The molecule has 0 aliphatic carbocycles. The van der Waals surface area contributed by atoms with Crippen LogP contribution in [0.3, 0.4) is 0 Å². The summed E-state index contributed by atoms with van der Waals surface area (Å²) in [5.74, 6) is -0.428. The van der Waals surface area contributed by atoms with Crippen LogP contribution in [0.2, 0.25) is 0 Å². The van der Waals surface area contributed by atoms with Gasteiger partial charge in [-0.25, -0.2) is 23.4 Å². The maximum Gasteiger partial charge on any atom is 0.284 e. The molecule has 1 amide bonds. The van der Waals surface area contributed by atoms with Gasteiger partial charge in [-0.3, -0.25) is 14.3 Å². The number of aryl methyl sites for hydroxylation is 1. The van der Waals surface area contributed by atoms with E-state index in [2.05, 4.69) is 15.3 Å².